The summed E-state index contributed by atoms with van der Waals surface area (Å²) in [6, 6.07) is -0.311. The number of carbonyl (C=O) groups is 2. The largest absolute Gasteiger partial charge is 0.481 e. The minimum absolute atomic E-state index is 0.153. The van der Waals surface area contributed by atoms with E-state index in [-0.39, 0.29) is 12.6 Å². The van der Waals surface area contributed by atoms with Gasteiger partial charge in [0.15, 0.2) is 5.65 Å². The average molecular weight is 340 g/mol. The Morgan fingerprint density at radius 2 is 2.22 bits per heavy atom. The first-order valence-electron chi connectivity index (χ1n) is 7.08. The van der Waals surface area contributed by atoms with Crippen LogP contribution in [0.2, 0.25) is 5.02 Å². The van der Waals surface area contributed by atoms with Crippen molar-refractivity contribution in [2.24, 2.45) is 5.92 Å². The third kappa shape index (κ3) is 4.32. The van der Waals surface area contributed by atoms with Crippen LogP contribution in [0.4, 0.5) is 4.79 Å². The molecule has 8 nitrogen and oxygen atoms in total. The number of aliphatic carboxylic acids is 1. The van der Waals surface area contributed by atoms with Crippen molar-refractivity contribution in [1.82, 2.24) is 24.8 Å². The van der Waals surface area contributed by atoms with Crippen LogP contribution >= 0.6 is 11.6 Å². The van der Waals surface area contributed by atoms with Gasteiger partial charge in [0.25, 0.3) is 0 Å². The predicted molar refractivity (Wildman–Crippen MR) is 84.5 cm³/mol. The van der Waals surface area contributed by atoms with Crippen molar-refractivity contribution in [2.45, 2.75) is 13.3 Å². The average Bonchev–Trinajstić information content (AvgIpc) is 2.87. The lowest BCUT2D eigenvalue weighted by Crippen LogP contribution is -2.41. The number of rotatable bonds is 6. The van der Waals surface area contributed by atoms with Gasteiger partial charge >= 0.3 is 12.0 Å². The van der Waals surface area contributed by atoms with Crippen molar-refractivity contribution in [3.05, 3.63) is 29.2 Å². The molecule has 124 valence electrons. The van der Waals surface area contributed by atoms with Crippen molar-refractivity contribution >= 4 is 29.2 Å². The molecule has 0 saturated heterocycles. The number of carbonyl (C=O) groups excluding carboxylic acids is 1. The summed E-state index contributed by atoms with van der Waals surface area (Å²) >= 11 is 5.92. The number of halogens is 1. The summed E-state index contributed by atoms with van der Waals surface area (Å²) in [6.45, 7) is 2.12. The van der Waals surface area contributed by atoms with E-state index in [4.69, 9.17) is 16.7 Å². The molecule has 23 heavy (non-hydrogen) atoms. The smallest absolute Gasteiger partial charge is 0.317 e. The molecular formula is C14H18ClN5O3. The number of carboxylic acids is 1. The highest BCUT2D eigenvalue weighted by Crippen LogP contribution is 2.14. The van der Waals surface area contributed by atoms with Crippen molar-refractivity contribution in [3.63, 3.8) is 0 Å². The van der Waals surface area contributed by atoms with Gasteiger partial charge in [-0.25, -0.2) is 14.3 Å². The SMILES string of the molecule is CC(CN(C)C(=O)NCCc1cnc2c(Cl)cnn2c1)C(=O)O. The Hall–Kier alpha value is -2.35. The highest BCUT2D eigenvalue weighted by Gasteiger charge is 2.16. The molecule has 1 atom stereocenters. The summed E-state index contributed by atoms with van der Waals surface area (Å²) < 4.78 is 1.58. The van der Waals surface area contributed by atoms with Gasteiger partial charge in [-0.2, -0.15) is 5.10 Å². The molecule has 2 aromatic heterocycles. The molecule has 9 heteroatoms. The van der Waals surface area contributed by atoms with Crippen molar-refractivity contribution in [3.8, 4) is 0 Å². The van der Waals surface area contributed by atoms with E-state index in [1.807, 2.05) is 0 Å². The van der Waals surface area contributed by atoms with Gasteiger partial charge in [-0.05, 0) is 12.0 Å². The molecular weight excluding hydrogens is 322 g/mol. The van der Waals surface area contributed by atoms with Crippen molar-refractivity contribution < 1.29 is 14.7 Å². The van der Waals surface area contributed by atoms with E-state index < -0.39 is 11.9 Å². The number of hydrogen-bond acceptors (Lipinski definition) is 4. The van der Waals surface area contributed by atoms with Gasteiger partial charge in [-0.15, -0.1) is 0 Å². The first-order valence-corrected chi connectivity index (χ1v) is 7.46. The fourth-order valence-corrected chi connectivity index (χ4v) is 2.21. The summed E-state index contributed by atoms with van der Waals surface area (Å²) in [4.78, 5) is 28.2. The summed E-state index contributed by atoms with van der Waals surface area (Å²) in [5.41, 5.74) is 1.49. The lowest BCUT2D eigenvalue weighted by molar-refractivity contribution is -0.141. The molecule has 1 unspecified atom stereocenters. The molecule has 0 radical (unpaired) electrons. The van der Waals surface area contributed by atoms with Crippen LogP contribution in [0.1, 0.15) is 12.5 Å². The van der Waals surface area contributed by atoms with Crippen LogP contribution in [0.15, 0.2) is 18.6 Å². The number of aromatic nitrogens is 3. The molecule has 0 spiro atoms. The van der Waals surface area contributed by atoms with E-state index in [1.54, 1.807) is 30.9 Å². The number of nitrogens with one attached hydrogen (secondary N) is 1. The second-order valence-corrected chi connectivity index (χ2v) is 5.73. The normalized spacial score (nSPS) is 12.1. The van der Waals surface area contributed by atoms with Gasteiger partial charge in [0.05, 0.1) is 12.1 Å². The van der Waals surface area contributed by atoms with Gasteiger partial charge in [0.2, 0.25) is 0 Å². The lowest BCUT2D eigenvalue weighted by atomic mass is 10.2. The third-order valence-corrected chi connectivity index (χ3v) is 3.64. The Kier molecular flexibility index (Phi) is 5.38. The zero-order valence-corrected chi connectivity index (χ0v) is 13.6. The Morgan fingerprint density at radius 1 is 1.48 bits per heavy atom. The van der Waals surface area contributed by atoms with E-state index in [0.717, 1.165) is 5.56 Å². The minimum Gasteiger partial charge on any atom is -0.481 e. The Labute approximate surface area is 138 Å². The molecule has 0 aliphatic rings. The number of carboxylic acid groups (broad SMARTS) is 1. The number of fused-ring (bicyclic) bond motifs is 1. The predicted octanol–water partition coefficient (Wildman–Crippen LogP) is 1.29. The maximum Gasteiger partial charge on any atom is 0.317 e. The second kappa shape index (κ2) is 7.28. The molecule has 2 amide bonds. The Balaban J connectivity index is 1.83. The van der Waals surface area contributed by atoms with Crippen LogP contribution in [0.25, 0.3) is 5.65 Å². The monoisotopic (exact) mass is 339 g/mol. The number of nitrogens with zero attached hydrogens (tertiary/aromatic N) is 4. The van der Waals surface area contributed by atoms with E-state index in [1.165, 1.54) is 11.1 Å². The van der Waals surface area contributed by atoms with Gasteiger partial charge in [-0.1, -0.05) is 18.5 Å². The van der Waals surface area contributed by atoms with E-state index in [2.05, 4.69) is 15.4 Å². The van der Waals surface area contributed by atoms with Gasteiger partial charge in [0.1, 0.15) is 5.02 Å². The van der Waals surface area contributed by atoms with Gasteiger partial charge < -0.3 is 15.3 Å². The van der Waals surface area contributed by atoms with Gasteiger partial charge in [-0.3, -0.25) is 4.79 Å². The van der Waals surface area contributed by atoms with Crippen LogP contribution in [0.5, 0.6) is 0 Å². The van der Waals surface area contributed by atoms with E-state index in [9.17, 15) is 9.59 Å². The standard InChI is InChI=1S/C14H18ClN5O3/c1-9(13(21)22)7-19(2)14(23)16-4-3-10-5-17-12-11(15)6-18-20(12)8-10/h5-6,8-9H,3-4,7H2,1-2H3,(H,16,23)(H,21,22). The molecule has 2 aromatic rings. The molecule has 2 heterocycles. The highest BCUT2D eigenvalue weighted by molar-refractivity contribution is 6.33. The summed E-state index contributed by atoms with van der Waals surface area (Å²) in [7, 11) is 1.56. The maximum absolute atomic E-state index is 11.9. The van der Waals surface area contributed by atoms with Crippen molar-refractivity contribution in [2.75, 3.05) is 20.1 Å². The minimum atomic E-state index is -0.929. The molecule has 0 bridgehead atoms. The summed E-state index contributed by atoms with van der Waals surface area (Å²) in [6.07, 6.45) is 5.59. The first kappa shape index (κ1) is 17.0. The van der Waals surface area contributed by atoms with Gasteiger partial charge in [0, 0.05) is 32.5 Å². The highest BCUT2D eigenvalue weighted by atomic mass is 35.5. The fourth-order valence-electron chi connectivity index (χ4n) is 2.03. The second-order valence-electron chi connectivity index (χ2n) is 5.32. The first-order chi connectivity index (χ1) is 10.9. The lowest BCUT2D eigenvalue weighted by Gasteiger charge is -2.19. The van der Waals surface area contributed by atoms with E-state index >= 15 is 0 Å². The fraction of sp³-hybridized carbons (Fsp3) is 0.429. The van der Waals surface area contributed by atoms with Crippen LogP contribution < -0.4 is 5.32 Å². The van der Waals surface area contributed by atoms with E-state index in [0.29, 0.717) is 23.6 Å². The topological polar surface area (TPSA) is 99.8 Å². The number of hydrogen-bond donors (Lipinski definition) is 2. The third-order valence-electron chi connectivity index (χ3n) is 3.37. The van der Waals surface area contributed by atoms with Crippen LogP contribution in [0, 0.1) is 5.92 Å². The Morgan fingerprint density at radius 3 is 2.91 bits per heavy atom. The van der Waals surface area contributed by atoms with Crippen LogP contribution in [-0.2, 0) is 11.2 Å². The molecule has 0 saturated carbocycles. The Bertz CT molecular complexity index is 718. The number of urea groups is 1. The van der Waals surface area contributed by atoms with Crippen LogP contribution in [0.3, 0.4) is 0 Å². The maximum atomic E-state index is 11.9. The van der Waals surface area contributed by atoms with Crippen molar-refractivity contribution in [1.29, 1.82) is 0 Å². The molecule has 0 aromatic carbocycles. The zero-order valence-electron chi connectivity index (χ0n) is 12.9. The molecule has 2 rings (SSSR count). The van der Waals surface area contributed by atoms with Crippen LogP contribution in [-0.4, -0.2) is 56.7 Å². The molecule has 2 N–H and O–H groups in total. The summed E-state index contributed by atoms with van der Waals surface area (Å²) in [5, 5.41) is 16.1. The quantitative estimate of drug-likeness (QED) is 0.826. The summed E-state index contributed by atoms with van der Waals surface area (Å²) in [5.74, 6) is -1.54. The molecule has 0 aliphatic heterocycles. The number of amides is 2. The molecule has 0 fully saturated rings. The zero-order chi connectivity index (χ0) is 17.0. The molecule has 0 aliphatic carbocycles.